The van der Waals surface area contributed by atoms with Crippen molar-refractivity contribution < 1.29 is 18.7 Å². The Morgan fingerprint density at radius 2 is 1.78 bits per heavy atom. The number of methoxy groups -OCH3 is 1. The number of nitrogens with zero attached hydrogens (tertiary/aromatic N) is 2. The molecule has 4 aromatic rings. The van der Waals surface area contributed by atoms with Crippen LogP contribution in [0.2, 0.25) is 0 Å². The lowest BCUT2D eigenvalue weighted by Gasteiger charge is -2.12. The first-order chi connectivity index (χ1) is 17.8. The van der Waals surface area contributed by atoms with E-state index in [1.807, 2.05) is 63.2 Å². The minimum atomic E-state index is -0.278. The van der Waals surface area contributed by atoms with Gasteiger partial charge in [0.1, 0.15) is 23.9 Å². The Bertz CT molecular complexity index is 1420. The van der Waals surface area contributed by atoms with Crippen LogP contribution in [0.4, 0.5) is 10.1 Å². The van der Waals surface area contributed by atoms with Crippen molar-refractivity contribution in [2.24, 2.45) is 0 Å². The summed E-state index contributed by atoms with van der Waals surface area (Å²) in [5.41, 5.74) is 5.90. The van der Waals surface area contributed by atoms with Gasteiger partial charge in [-0.3, -0.25) is 9.48 Å². The third kappa shape index (κ3) is 6.44. The fraction of sp³-hybridized carbons (Fsp3) is 0.200. The molecule has 1 aromatic heterocycles. The van der Waals surface area contributed by atoms with E-state index in [2.05, 4.69) is 10.4 Å². The molecule has 0 aliphatic carbocycles. The van der Waals surface area contributed by atoms with Crippen molar-refractivity contribution in [3.8, 4) is 11.5 Å². The Balaban J connectivity index is 1.43. The number of aryl methyl sites for hydroxylation is 2. The maximum Gasteiger partial charge on any atom is 0.248 e. The maximum atomic E-state index is 13.2. The number of hydrogen-bond acceptors (Lipinski definition) is 4. The molecule has 1 heterocycles. The summed E-state index contributed by atoms with van der Waals surface area (Å²) in [5, 5.41) is 7.47. The van der Waals surface area contributed by atoms with Crippen LogP contribution in [0.3, 0.4) is 0 Å². The normalized spacial score (nSPS) is 11.1. The van der Waals surface area contributed by atoms with E-state index in [9.17, 15) is 9.18 Å². The predicted octanol–water partition coefficient (Wildman–Crippen LogP) is 6.24. The van der Waals surface area contributed by atoms with Crippen molar-refractivity contribution >= 4 is 17.7 Å². The molecule has 1 N–H and O–H groups in total. The molecular weight excluding hydrogens is 469 g/mol. The maximum absolute atomic E-state index is 13.2. The van der Waals surface area contributed by atoms with E-state index in [1.54, 1.807) is 30.0 Å². The lowest BCUT2D eigenvalue weighted by molar-refractivity contribution is -0.111. The molecule has 190 valence electrons. The number of amides is 1. The topological polar surface area (TPSA) is 65.4 Å². The molecular formula is C30H30FN3O3. The van der Waals surface area contributed by atoms with Gasteiger partial charge in [-0.25, -0.2) is 4.39 Å². The fourth-order valence-corrected chi connectivity index (χ4v) is 4.02. The second-order valence-corrected chi connectivity index (χ2v) is 8.78. The summed E-state index contributed by atoms with van der Waals surface area (Å²) in [5.74, 6) is 0.992. The Hall–Kier alpha value is -4.39. The summed E-state index contributed by atoms with van der Waals surface area (Å²) in [6.45, 7) is 6.57. The number of hydrogen-bond donors (Lipinski definition) is 1. The van der Waals surface area contributed by atoms with Crippen molar-refractivity contribution in [3.63, 3.8) is 0 Å². The van der Waals surface area contributed by atoms with Crippen molar-refractivity contribution in [1.82, 2.24) is 9.78 Å². The Morgan fingerprint density at radius 1 is 1.03 bits per heavy atom. The lowest BCUT2D eigenvalue weighted by Crippen LogP contribution is -2.10. The van der Waals surface area contributed by atoms with Crippen LogP contribution in [0.5, 0.6) is 11.5 Å². The van der Waals surface area contributed by atoms with Gasteiger partial charge in [-0.2, -0.15) is 5.10 Å². The first-order valence-corrected chi connectivity index (χ1v) is 12.0. The average molecular weight is 500 g/mol. The average Bonchev–Trinajstić information content (AvgIpc) is 3.15. The molecule has 0 saturated heterocycles. The lowest BCUT2D eigenvalue weighted by atomic mass is 10.1. The van der Waals surface area contributed by atoms with E-state index >= 15 is 0 Å². The second kappa shape index (κ2) is 11.6. The molecule has 1 amide bonds. The molecule has 0 aliphatic rings. The number of carbonyl (C=O) groups excluding carboxylic acids is 1. The largest absolute Gasteiger partial charge is 0.496 e. The van der Waals surface area contributed by atoms with Gasteiger partial charge in [0.25, 0.3) is 0 Å². The van der Waals surface area contributed by atoms with E-state index in [0.29, 0.717) is 24.5 Å². The molecule has 0 bridgehead atoms. The highest BCUT2D eigenvalue weighted by molar-refractivity contribution is 6.02. The first-order valence-electron chi connectivity index (χ1n) is 12.0. The molecule has 0 saturated carbocycles. The zero-order chi connectivity index (χ0) is 26.4. The molecule has 0 fully saturated rings. The van der Waals surface area contributed by atoms with Gasteiger partial charge in [0.15, 0.2) is 0 Å². The summed E-state index contributed by atoms with van der Waals surface area (Å²) in [7, 11) is 1.62. The second-order valence-electron chi connectivity index (χ2n) is 8.78. The Morgan fingerprint density at radius 3 is 2.51 bits per heavy atom. The van der Waals surface area contributed by atoms with E-state index in [0.717, 1.165) is 39.4 Å². The molecule has 4 rings (SSSR count). The van der Waals surface area contributed by atoms with Crippen LogP contribution in [0.15, 0.2) is 72.8 Å². The highest BCUT2D eigenvalue weighted by Gasteiger charge is 2.14. The quantitative estimate of drug-likeness (QED) is 0.277. The number of anilines is 1. The van der Waals surface area contributed by atoms with Crippen LogP contribution in [0, 0.1) is 26.6 Å². The zero-order valence-electron chi connectivity index (χ0n) is 21.4. The summed E-state index contributed by atoms with van der Waals surface area (Å²) in [6, 6.07) is 19.8. The van der Waals surface area contributed by atoms with Crippen LogP contribution in [-0.2, 0) is 17.9 Å². The van der Waals surface area contributed by atoms with E-state index in [4.69, 9.17) is 9.47 Å². The molecule has 0 radical (unpaired) electrons. The number of rotatable bonds is 9. The zero-order valence-corrected chi connectivity index (χ0v) is 21.4. The fourth-order valence-electron chi connectivity index (χ4n) is 4.02. The highest BCUT2D eigenvalue weighted by atomic mass is 19.1. The van der Waals surface area contributed by atoms with Gasteiger partial charge in [-0.05, 0) is 73.9 Å². The molecule has 3 aromatic carbocycles. The van der Waals surface area contributed by atoms with Gasteiger partial charge < -0.3 is 14.8 Å². The van der Waals surface area contributed by atoms with Gasteiger partial charge in [0.2, 0.25) is 5.91 Å². The Labute approximate surface area is 216 Å². The van der Waals surface area contributed by atoms with Crippen molar-refractivity contribution in [2.45, 2.75) is 33.9 Å². The summed E-state index contributed by atoms with van der Waals surface area (Å²) < 4.78 is 26.5. The van der Waals surface area contributed by atoms with Crippen LogP contribution < -0.4 is 14.8 Å². The number of para-hydroxylation sites is 1. The summed E-state index contributed by atoms with van der Waals surface area (Å²) >= 11 is 0. The van der Waals surface area contributed by atoms with Gasteiger partial charge in [0.05, 0.1) is 30.7 Å². The Kier molecular flexibility index (Phi) is 8.03. The first kappa shape index (κ1) is 25.7. The van der Waals surface area contributed by atoms with E-state index < -0.39 is 0 Å². The van der Waals surface area contributed by atoms with Crippen LogP contribution in [-0.4, -0.2) is 22.8 Å². The molecule has 0 unspecified atom stereocenters. The molecule has 6 nitrogen and oxygen atoms in total. The molecule has 37 heavy (non-hydrogen) atoms. The van der Waals surface area contributed by atoms with Crippen LogP contribution in [0.1, 0.15) is 33.6 Å². The highest BCUT2D eigenvalue weighted by Crippen LogP contribution is 2.25. The number of ether oxygens (including phenoxy) is 2. The minimum absolute atomic E-state index is 0.263. The minimum Gasteiger partial charge on any atom is -0.496 e. The van der Waals surface area contributed by atoms with Gasteiger partial charge in [-0.1, -0.05) is 36.4 Å². The predicted molar refractivity (Wildman–Crippen MR) is 143 cm³/mol. The van der Waals surface area contributed by atoms with Gasteiger partial charge in [-0.15, -0.1) is 0 Å². The third-order valence-electron chi connectivity index (χ3n) is 6.08. The SMILES string of the molecule is COc1ccc(/C=C/C(=O)Nc2c(C)nn(Cc3ccc(F)cc3)c2C)cc1COc1ccccc1C. The number of benzene rings is 3. The van der Waals surface area contributed by atoms with Gasteiger partial charge >= 0.3 is 0 Å². The number of aromatic nitrogens is 2. The summed E-state index contributed by atoms with van der Waals surface area (Å²) in [4.78, 5) is 12.7. The standard InChI is InChI=1S/C30H30FN3O3/c1-20-7-5-6-8-27(20)37-19-25-17-23(11-15-28(25)36-4)12-16-29(35)32-30-21(2)33-34(22(30)3)18-24-9-13-26(31)14-10-24/h5-17H,18-19H2,1-4H3,(H,32,35)/b16-12+. The van der Waals surface area contributed by atoms with E-state index in [1.165, 1.54) is 18.2 Å². The van der Waals surface area contributed by atoms with Crippen LogP contribution in [0.25, 0.3) is 6.08 Å². The van der Waals surface area contributed by atoms with Crippen LogP contribution >= 0.6 is 0 Å². The number of carbonyl (C=O) groups is 1. The monoisotopic (exact) mass is 499 g/mol. The third-order valence-corrected chi connectivity index (χ3v) is 6.08. The number of halogens is 1. The van der Waals surface area contributed by atoms with Gasteiger partial charge in [0, 0.05) is 11.6 Å². The summed E-state index contributed by atoms with van der Waals surface area (Å²) in [6.07, 6.45) is 3.24. The van der Waals surface area contributed by atoms with E-state index in [-0.39, 0.29) is 11.7 Å². The smallest absolute Gasteiger partial charge is 0.248 e. The molecule has 0 aliphatic heterocycles. The molecule has 0 atom stereocenters. The number of nitrogens with one attached hydrogen (secondary N) is 1. The van der Waals surface area contributed by atoms with Crippen molar-refractivity contribution in [3.05, 3.63) is 112 Å². The molecule has 0 spiro atoms. The van der Waals surface area contributed by atoms with Crippen molar-refractivity contribution in [1.29, 1.82) is 0 Å². The molecule has 7 heteroatoms. The van der Waals surface area contributed by atoms with Crippen molar-refractivity contribution in [2.75, 3.05) is 12.4 Å².